The smallest absolute Gasteiger partial charge is 0.0682 e. The summed E-state index contributed by atoms with van der Waals surface area (Å²) in [6.45, 7) is 7.52. The number of nitrogens with one attached hydrogen (secondary N) is 1. The lowest BCUT2D eigenvalue weighted by Gasteiger charge is -2.07. The summed E-state index contributed by atoms with van der Waals surface area (Å²) in [6, 6.07) is 8.34. The van der Waals surface area contributed by atoms with E-state index in [4.69, 9.17) is 0 Å². The molecule has 17 heavy (non-hydrogen) atoms. The molecule has 0 spiro atoms. The van der Waals surface area contributed by atoms with Crippen LogP contribution in [0.5, 0.6) is 0 Å². The maximum Gasteiger partial charge on any atom is 0.0682 e. The van der Waals surface area contributed by atoms with Crippen LogP contribution >= 0.6 is 0 Å². The fraction of sp³-hybridized carbons (Fsp3) is 0.500. The fourth-order valence-electron chi connectivity index (χ4n) is 1.90. The molecule has 0 saturated heterocycles. The number of hydrogen-bond donors (Lipinski definition) is 1. The predicted octanol–water partition coefficient (Wildman–Crippen LogP) is 2.67. The molecule has 3 nitrogen and oxygen atoms in total. The van der Waals surface area contributed by atoms with Crippen LogP contribution in [0.1, 0.15) is 20.3 Å². The molecule has 0 aliphatic carbocycles. The molecule has 0 saturated carbocycles. The molecular weight excluding hydrogens is 210 g/mol. The summed E-state index contributed by atoms with van der Waals surface area (Å²) in [4.78, 5) is 0. The van der Waals surface area contributed by atoms with Crippen LogP contribution in [0.4, 0.5) is 0 Å². The van der Waals surface area contributed by atoms with Crippen molar-refractivity contribution in [3.63, 3.8) is 0 Å². The normalized spacial score (nSPS) is 11.5. The highest BCUT2D eigenvalue weighted by Crippen LogP contribution is 2.11. The standard InChI is InChI=1S/C14H21N3/c1-12(2)7-8-15-9-10-17-14-6-4-3-5-13(14)11-16-17/h3-6,11-12,15H,7-10H2,1-2H3. The monoisotopic (exact) mass is 231 g/mol. The number of benzene rings is 1. The van der Waals surface area contributed by atoms with Crippen LogP contribution in [0.3, 0.4) is 0 Å². The van der Waals surface area contributed by atoms with E-state index in [9.17, 15) is 0 Å². The molecule has 0 fully saturated rings. The van der Waals surface area contributed by atoms with E-state index in [0.717, 1.165) is 25.6 Å². The number of fused-ring (bicyclic) bond motifs is 1. The van der Waals surface area contributed by atoms with E-state index in [2.05, 4.69) is 53.2 Å². The number of aromatic nitrogens is 2. The molecule has 92 valence electrons. The minimum absolute atomic E-state index is 0.771. The van der Waals surface area contributed by atoms with Gasteiger partial charge in [0.15, 0.2) is 0 Å². The van der Waals surface area contributed by atoms with Gasteiger partial charge in [-0.1, -0.05) is 32.0 Å². The molecule has 0 bridgehead atoms. The highest BCUT2D eigenvalue weighted by atomic mass is 15.3. The SMILES string of the molecule is CC(C)CCNCCn1ncc2ccccc21. The van der Waals surface area contributed by atoms with Gasteiger partial charge in [0.25, 0.3) is 0 Å². The van der Waals surface area contributed by atoms with Crippen LogP contribution in [-0.2, 0) is 6.54 Å². The highest BCUT2D eigenvalue weighted by molar-refractivity contribution is 5.78. The molecule has 3 heteroatoms. The molecule has 0 unspecified atom stereocenters. The maximum absolute atomic E-state index is 4.40. The first-order valence-corrected chi connectivity index (χ1v) is 6.38. The lowest BCUT2D eigenvalue weighted by molar-refractivity contribution is 0.510. The number of hydrogen-bond acceptors (Lipinski definition) is 2. The fourth-order valence-corrected chi connectivity index (χ4v) is 1.90. The first kappa shape index (κ1) is 12.1. The van der Waals surface area contributed by atoms with Gasteiger partial charge < -0.3 is 5.32 Å². The average molecular weight is 231 g/mol. The van der Waals surface area contributed by atoms with Crippen molar-refractivity contribution in [2.24, 2.45) is 5.92 Å². The average Bonchev–Trinajstić information content (AvgIpc) is 2.72. The molecule has 0 aliphatic heterocycles. The van der Waals surface area contributed by atoms with Crippen molar-refractivity contribution in [1.29, 1.82) is 0 Å². The van der Waals surface area contributed by atoms with Gasteiger partial charge in [0.2, 0.25) is 0 Å². The van der Waals surface area contributed by atoms with Crippen LogP contribution in [-0.4, -0.2) is 22.9 Å². The van der Waals surface area contributed by atoms with Crippen molar-refractivity contribution in [2.45, 2.75) is 26.8 Å². The molecule has 0 amide bonds. The molecule has 0 radical (unpaired) electrons. The molecule has 0 aliphatic rings. The zero-order valence-corrected chi connectivity index (χ0v) is 10.7. The van der Waals surface area contributed by atoms with Gasteiger partial charge in [-0.25, -0.2) is 0 Å². The molecule has 1 aromatic carbocycles. The molecular formula is C14H21N3. The Morgan fingerprint density at radius 2 is 2.06 bits per heavy atom. The Balaban J connectivity index is 1.83. The Morgan fingerprint density at radius 3 is 2.88 bits per heavy atom. The third-order valence-electron chi connectivity index (χ3n) is 2.95. The minimum atomic E-state index is 0.771. The molecule has 2 rings (SSSR count). The van der Waals surface area contributed by atoms with Crippen LogP contribution in [0, 0.1) is 5.92 Å². The maximum atomic E-state index is 4.40. The summed E-state index contributed by atoms with van der Waals surface area (Å²) in [5, 5.41) is 9.08. The van der Waals surface area contributed by atoms with Gasteiger partial charge in [0.05, 0.1) is 18.3 Å². The second-order valence-corrected chi connectivity index (χ2v) is 4.86. The molecule has 1 N–H and O–H groups in total. The topological polar surface area (TPSA) is 29.9 Å². The van der Waals surface area contributed by atoms with E-state index in [-0.39, 0.29) is 0 Å². The Labute approximate surface area is 103 Å². The van der Waals surface area contributed by atoms with Crippen molar-refractivity contribution < 1.29 is 0 Å². The summed E-state index contributed by atoms with van der Waals surface area (Å²) in [5.41, 5.74) is 1.22. The summed E-state index contributed by atoms with van der Waals surface area (Å²) in [7, 11) is 0. The van der Waals surface area contributed by atoms with E-state index < -0.39 is 0 Å². The third kappa shape index (κ3) is 3.30. The van der Waals surface area contributed by atoms with Crippen LogP contribution in [0.15, 0.2) is 30.5 Å². The largest absolute Gasteiger partial charge is 0.315 e. The Bertz CT molecular complexity index is 459. The highest BCUT2D eigenvalue weighted by Gasteiger charge is 2.00. The molecule has 1 heterocycles. The van der Waals surface area contributed by atoms with Crippen molar-refractivity contribution in [3.8, 4) is 0 Å². The summed E-state index contributed by atoms with van der Waals surface area (Å²) >= 11 is 0. The van der Waals surface area contributed by atoms with Crippen LogP contribution < -0.4 is 5.32 Å². The summed E-state index contributed by atoms with van der Waals surface area (Å²) < 4.78 is 2.07. The van der Waals surface area contributed by atoms with Gasteiger partial charge in [-0.3, -0.25) is 4.68 Å². The summed E-state index contributed by atoms with van der Waals surface area (Å²) in [6.07, 6.45) is 3.17. The Morgan fingerprint density at radius 1 is 1.24 bits per heavy atom. The predicted molar refractivity (Wildman–Crippen MR) is 72.1 cm³/mol. The van der Waals surface area contributed by atoms with Crippen molar-refractivity contribution >= 4 is 10.9 Å². The molecule has 2 aromatic rings. The van der Waals surface area contributed by atoms with E-state index in [0.29, 0.717) is 0 Å². The second kappa shape index (κ2) is 5.82. The number of para-hydroxylation sites is 1. The quantitative estimate of drug-likeness (QED) is 0.775. The van der Waals surface area contributed by atoms with E-state index in [1.165, 1.54) is 17.3 Å². The Hall–Kier alpha value is -1.35. The van der Waals surface area contributed by atoms with Gasteiger partial charge in [0.1, 0.15) is 0 Å². The number of rotatable bonds is 6. The van der Waals surface area contributed by atoms with Gasteiger partial charge in [-0.2, -0.15) is 5.10 Å². The third-order valence-corrected chi connectivity index (χ3v) is 2.95. The van der Waals surface area contributed by atoms with Crippen molar-refractivity contribution in [3.05, 3.63) is 30.5 Å². The zero-order chi connectivity index (χ0) is 12.1. The van der Waals surface area contributed by atoms with Gasteiger partial charge >= 0.3 is 0 Å². The van der Waals surface area contributed by atoms with Crippen LogP contribution in [0.2, 0.25) is 0 Å². The van der Waals surface area contributed by atoms with E-state index >= 15 is 0 Å². The van der Waals surface area contributed by atoms with Crippen LogP contribution in [0.25, 0.3) is 10.9 Å². The van der Waals surface area contributed by atoms with Gasteiger partial charge in [-0.15, -0.1) is 0 Å². The Kier molecular flexibility index (Phi) is 4.15. The lowest BCUT2D eigenvalue weighted by Crippen LogP contribution is -2.22. The van der Waals surface area contributed by atoms with E-state index in [1.807, 2.05) is 6.20 Å². The second-order valence-electron chi connectivity index (χ2n) is 4.86. The van der Waals surface area contributed by atoms with Crippen molar-refractivity contribution in [2.75, 3.05) is 13.1 Å². The molecule has 0 atom stereocenters. The van der Waals surface area contributed by atoms with Gasteiger partial charge in [-0.05, 0) is 24.9 Å². The lowest BCUT2D eigenvalue weighted by atomic mass is 10.1. The number of nitrogens with zero attached hydrogens (tertiary/aromatic N) is 2. The van der Waals surface area contributed by atoms with Crippen molar-refractivity contribution in [1.82, 2.24) is 15.1 Å². The van der Waals surface area contributed by atoms with E-state index in [1.54, 1.807) is 0 Å². The zero-order valence-electron chi connectivity index (χ0n) is 10.7. The molecule has 1 aromatic heterocycles. The minimum Gasteiger partial charge on any atom is -0.315 e. The first-order chi connectivity index (χ1) is 8.27. The van der Waals surface area contributed by atoms with Gasteiger partial charge in [0, 0.05) is 11.9 Å². The first-order valence-electron chi connectivity index (χ1n) is 6.38. The summed E-state index contributed by atoms with van der Waals surface area (Å²) in [5.74, 6) is 0.771.